The molecule has 0 amide bonds. The molecule has 27 heavy (non-hydrogen) atoms. The van der Waals surface area contributed by atoms with Crippen LogP contribution in [0.3, 0.4) is 0 Å². The first-order valence-corrected chi connectivity index (χ1v) is 8.96. The molecule has 1 heterocycles. The molecule has 134 valence electrons. The van der Waals surface area contributed by atoms with Crippen LogP contribution in [0.1, 0.15) is 22.5 Å². The predicted octanol–water partition coefficient (Wildman–Crippen LogP) is 5.16. The van der Waals surface area contributed by atoms with E-state index < -0.39 is 0 Å². The molecule has 3 aromatic carbocycles. The molecule has 0 saturated carbocycles. The van der Waals surface area contributed by atoms with Crippen LogP contribution in [0.2, 0.25) is 0 Å². The van der Waals surface area contributed by atoms with E-state index in [-0.39, 0.29) is 5.75 Å². The van der Waals surface area contributed by atoms with Crippen LogP contribution in [0.15, 0.2) is 71.7 Å². The molecule has 1 N–H and O–H groups in total. The molecular weight excluding hydrogens is 334 g/mol. The van der Waals surface area contributed by atoms with Gasteiger partial charge in [-0.1, -0.05) is 60.7 Å². The zero-order valence-corrected chi connectivity index (χ0v) is 15.4. The molecule has 4 nitrogen and oxygen atoms in total. The summed E-state index contributed by atoms with van der Waals surface area (Å²) < 4.78 is 1.97. The lowest BCUT2D eigenvalue weighted by atomic mass is 10.0. The Labute approximate surface area is 158 Å². The number of phenols is 1. The van der Waals surface area contributed by atoms with Gasteiger partial charge in [0.2, 0.25) is 0 Å². The monoisotopic (exact) mass is 355 g/mol. The van der Waals surface area contributed by atoms with E-state index in [0.717, 1.165) is 33.4 Å². The minimum Gasteiger partial charge on any atom is -0.507 e. The van der Waals surface area contributed by atoms with E-state index in [4.69, 9.17) is 0 Å². The van der Waals surface area contributed by atoms with Crippen molar-refractivity contribution in [1.82, 2.24) is 9.78 Å². The summed E-state index contributed by atoms with van der Waals surface area (Å²) in [6.07, 6.45) is 1.74. The van der Waals surface area contributed by atoms with Crippen molar-refractivity contribution < 1.29 is 5.11 Å². The third-order valence-electron chi connectivity index (χ3n) is 4.79. The van der Waals surface area contributed by atoms with E-state index in [1.165, 1.54) is 5.56 Å². The second-order valence-electron chi connectivity index (χ2n) is 6.64. The third-order valence-corrected chi connectivity index (χ3v) is 4.79. The molecule has 0 unspecified atom stereocenters. The van der Waals surface area contributed by atoms with Crippen molar-refractivity contribution in [1.29, 1.82) is 0 Å². The molecule has 4 heteroatoms. The maximum atomic E-state index is 10.3. The van der Waals surface area contributed by atoms with Crippen LogP contribution >= 0.6 is 0 Å². The first kappa shape index (κ1) is 17.0. The first-order chi connectivity index (χ1) is 13.1. The molecule has 1 aromatic heterocycles. The van der Waals surface area contributed by atoms with Gasteiger partial charge in [-0.25, -0.2) is 0 Å². The quantitative estimate of drug-likeness (QED) is 0.514. The number of hydrogen-bond acceptors (Lipinski definition) is 3. The zero-order valence-electron chi connectivity index (χ0n) is 15.4. The van der Waals surface area contributed by atoms with Gasteiger partial charge in [0.15, 0.2) is 0 Å². The van der Waals surface area contributed by atoms with Crippen LogP contribution in [0.25, 0.3) is 10.8 Å². The molecule has 0 fully saturated rings. The molecule has 4 aromatic rings. The normalized spacial score (nSPS) is 11.5. The van der Waals surface area contributed by atoms with E-state index in [9.17, 15) is 5.11 Å². The lowest BCUT2D eigenvalue weighted by Gasteiger charge is -2.05. The van der Waals surface area contributed by atoms with E-state index in [0.29, 0.717) is 6.54 Å². The topological polar surface area (TPSA) is 50.4 Å². The predicted molar refractivity (Wildman–Crippen MR) is 110 cm³/mol. The van der Waals surface area contributed by atoms with E-state index in [1.54, 1.807) is 12.3 Å². The summed E-state index contributed by atoms with van der Waals surface area (Å²) in [7, 11) is 0. The van der Waals surface area contributed by atoms with Gasteiger partial charge >= 0.3 is 0 Å². The Morgan fingerprint density at radius 1 is 0.963 bits per heavy atom. The Balaban J connectivity index is 1.70. The summed E-state index contributed by atoms with van der Waals surface area (Å²) in [5.74, 6) is 0.226. The average molecular weight is 355 g/mol. The minimum absolute atomic E-state index is 0.226. The molecule has 0 bridgehead atoms. The van der Waals surface area contributed by atoms with Gasteiger partial charge in [-0.15, -0.1) is 0 Å². The molecule has 0 aliphatic heterocycles. The SMILES string of the molecule is Cc1nn(Cc2ccccc2)c(C)c1N=Cc1c(O)ccc2ccccc12. The number of hydrogen-bond donors (Lipinski definition) is 1. The fraction of sp³-hybridized carbons (Fsp3) is 0.130. The van der Waals surface area contributed by atoms with E-state index in [1.807, 2.05) is 67.1 Å². The smallest absolute Gasteiger partial charge is 0.124 e. The highest BCUT2D eigenvalue weighted by molar-refractivity contribution is 6.03. The van der Waals surface area contributed by atoms with Crippen LogP contribution in [-0.2, 0) is 6.54 Å². The molecule has 0 aliphatic carbocycles. The minimum atomic E-state index is 0.226. The summed E-state index contributed by atoms with van der Waals surface area (Å²) in [4.78, 5) is 4.68. The molecule has 0 radical (unpaired) electrons. The Bertz CT molecular complexity index is 1130. The van der Waals surface area contributed by atoms with Crippen molar-refractivity contribution in [3.05, 3.63) is 89.2 Å². The van der Waals surface area contributed by atoms with Gasteiger partial charge in [-0.3, -0.25) is 9.67 Å². The van der Waals surface area contributed by atoms with Crippen LogP contribution in [0.4, 0.5) is 5.69 Å². The highest BCUT2D eigenvalue weighted by Crippen LogP contribution is 2.28. The van der Waals surface area contributed by atoms with E-state index in [2.05, 4.69) is 22.2 Å². The molecule has 0 atom stereocenters. The Morgan fingerprint density at radius 2 is 1.70 bits per heavy atom. The van der Waals surface area contributed by atoms with Crippen molar-refractivity contribution in [3.8, 4) is 5.75 Å². The van der Waals surface area contributed by atoms with Crippen molar-refractivity contribution in [2.45, 2.75) is 20.4 Å². The average Bonchev–Trinajstić information content (AvgIpc) is 2.95. The highest BCUT2D eigenvalue weighted by atomic mass is 16.3. The van der Waals surface area contributed by atoms with Crippen molar-refractivity contribution in [2.75, 3.05) is 0 Å². The Kier molecular flexibility index (Phi) is 4.47. The summed E-state index contributed by atoms with van der Waals surface area (Å²) in [6, 6.07) is 21.9. The number of aromatic hydroxyl groups is 1. The van der Waals surface area contributed by atoms with Crippen LogP contribution in [0.5, 0.6) is 5.75 Å². The fourth-order valence-electron chi connectivity index (χ4n) is 3.33. The number of nitrogens with zero attached hydrogens (tertiary/aromatic N) is 3. The summed E-state index contributed by atoms with van der Waals surface area (Å²) in [5, 5.41) is 17.0. The molecule has 0 aliphatic rings. The van der Waals surface area contributed by atoms with Gasteiger partial charge in [-0.2, -0.15) is 5.10 Å². The highest BCUT2D eigenvalue weighted by Gasteiger charge is 2.11. The molecule has 0 spiro atoms. The molecule has 4 rings (SSSR count). The third kappa shape index (κ3) is 3.34. The fourth-order valence-corrected chi connectivity index (χ4v) is 3.33. The van der Waals surface area contributed by atoms with E-state index >= 15 is 0 Å². The second-order valence-corrected chi connectivity index (χ2v) is 6.64. The number of fused-ring (bicyclic) bond motifs is 1. The maximum Gasteiger partial charge on any atom is 0.124 e. The largest absolute Gasteiger partial charge is 0.507 e. The van der Waals surface area contributed by atoms with Gasteiger partial charge in [0.1, 0.15) is 11.4 Å². The van der Waals surface area contributed by atoms with Crippen molar-refractivity contribution in [2.24, 2.45) is 4.99 Å². The lowest BCUT2D eigenvalue weighted by molar-refractivity contribution is 0.475. The van der Waals surface area contributed by atoms with Crippen molar-refractivity contribution >= 4 is 22.7 Å². The van der Waals surface area contributed by atoms with Crippen molar-refractivity contribution in [3.63, 3.8) is 0 Å². The summed E-state index contributed by atoms with van der Waals surface area (Å²) in [5.41, 5.74) is 4.65. The molecular formula is C23H21N3O. The number of rotatable bonds is 4. The number of aryl methyl sites for hydroxylation is 1. The standard InChI is InChI=1S/C23H21N3O/c1-16-23(17(2)26(25-16)15-18-8-4-3-5-9-18)24-14-21-20-11-7-6-10-19(20)12-13-22(21)27/h3-14,27H,15H2,1-2H3. The van der Waals surface area contributed by atoms with Crippen LogP contribution in [-0.4, -0.2) is 21.1 Å². The summed E-state index contributed by atoms with van der Waals surface area (Å²) >= 11 is 0. The molecule has 0 saturated heterocycles. The van der Waals surface area contributed by atoms with Gasteiger partial charge in [0, 0.05) is 11.8 Å². The maximum absolute atomic E-state index is 10.3. The number of aliphatic imine (C=N–C) groups is 1. The van der Waals surface area contributed by atoms with Crippen LogP contribution in [0, 0.1) is 13.8 Å². The van der Waals surface area contributed by atoms with Gasteiger partial charge in [0.05, 0.1) is 17.9 Å². The van der Waals surface area contributed by atoms with Gasteiger partial charge in [0.25, 0.3) is 0 Å². The lowest BCUT2D eigenvalue weighted by Crippen LogP contribution is -2.03. The zero-order chi connectivity index (χ0) is 18.8. The second kappa shape index (κ2) is 7.08. The van der Waals surface area contributed by atoms with Gasteiger partial charge < -0.3 is 5.11 Å². The summed E-state index contributed by atoms with van der Waals surface area (Å²) in [6.45, 7) is 4.70. The Morgan fingerprint density at radius 3 is 2.52 bits per heavy atom. The first-order valence-electron chi connectivity index (χ1n) is 8.96. The number of aromatic nitrogens is 2. The van der Waals surface area contributed by atoms with Crippen LogP contribution < -0.4 is 0 Å². The van der Waals surface area contributed by atoms with Gasteiger partial charge in [-0.05, 0) is 36.2 Å². The number of phenolic OH excluding ortho intramolecular Hbond substituents is 1. The Hall–Kier alpha value is -3.40. The number of benzene rings is 3.